The standard InChI is InChI=1S/C16H16N2S3/c1-2-19-13-8-5-9-14(11(13)10-17)20-16-18-12-6-3-4-7-15(12)21-16/h3-9H,2,10,17H2,1H3. The summed E-state index contributed by atoms with van der Waals surface area (Å²) >= 11 is 5.30. The van der Waals surface area contributed by atoms with E-state index in [9.17, 15) is 0 Å². The molecule has 0 aliphatic rings. The summed E-state index contributed by atoms with van der Waals surface area (Å²) in [7, 11) is 0. The summed E-state index contributed by atoms with van der Waals surface area (Å²) in [5, 5.41) is 0. The van der Waals surface area contributed by atoms with E-state index in [4.69, 9.17) is 10.7 Å². The summed E-state index contributed by atoms with van der Waals surface area (Å²) in [5.41, 5.74) is 8.26. The van der Waals surface area contributed by atoms with E-state index in [2.05, 4.69) is 43.3 Å². The predicted molar refractivity (Wildman–Crippen MR) is 94.5 cm³/mol. The van der Waals surface area contributed by atoms with E-state index in [0.717, 1.165) is 15.6 Å². The maximum absolute atomic E-state index is 5.97. The molecule has 3 rings (SSSR count). The van der Waals surface area contributed by atoms with Crippen LogP contribution in [0.3, 0.4) is 0 Å². The largest absolute Gasteiger partial charge is 0.326 e. The van der Waals surface area contributed by atoms with Crippen molar-refractivity contribution >= 4 is 45.1 Å². The van der Waals surface area contributed by atoms with Crippen molar-refractivity contribution < 1.29 is 0 Å². The Morgan fingerprint density at radius 1 is 1.10 bits per heavy atom. The molecule has 1 aromatic heterocycles. The zero-order valence-electron chi connectivity index (χ0n) is 11.7. The van der Waals surface area contributed by atoms with E-state index < -0.39 is 0 Å². The van der Waals surface area contributed by atoms with Crippen molar-refractivity contribution in [3.63, 3.8) is 0 Å². The van der Waals surface area contributed by atoms with Crippen LogP contribution in [0.5, 0.6) is 0 Å². The molecular formula is C16H16N2S3. The van der Waals surface area contributed by atoms with Gasteiger partial charge in [0.25, 0.3) is 0 Å². The number of nitrogens with zero attached hydrogens (tertiary/aromatic N) is 1. The van der Waals surface area contributed by atoms with Crippen LogP contribution < -0.4 is 5.73 Å². The third-order valence-corrected chi connectivity index (χ3v) is 6.25. The first-order valence-electron chi connectivity index (χ1n) is 6.80. The molecule has 0 unspecified atom stereocenters. The summed E-state index contributed by atoms with van der Waals surface area (Å²) < 4.78 is 2.30. The van der Waals surface area contributed by atoms with E-state index in [1.165, 1.54) is 20.1 Å². The number of benzene rings is 2. The zero-order chi connectivity index (χ0) is 14.7. The SMILES string of the molecule is CCSc1cccc(Sc2nc3ccccc3s2)c1CN. The summed E-state index contributed by atoms with van der Waals surface area (Å²) in [4.78, 5) is 7.19. The highest BCUT2D eigenvalue weighted by Crippen LogP contribution is 2.38. The van der Waals surface area contributed by atoms with Gasteiger partial charge in [-0.25, -0.2) is 4.98 Å². The van der Waals surface area contributed by atoms with Gasteiger partial charge in [0.05, 0.1) is 10.2 Å². The highest BCUT2D eigenvalue weighted by Gasteiger charge is 2.11. The van der Waals surface area contributed by atoms with Gasteiger partial charge >= 0.3 is 0 Å². The van der Waals surface area contributed by atoms with E-state index in [1.807, 2.05) is 17.8 Å². The van der Waals surface area contributed by atoms with E-state index in [0.29, 0.717) is 6.54 Å². The van der Waals surface area contributed by atoms with Gasteiger partial charge < -0.3 is 5.73 Å². The van der Waals surface area contributed by atoms with Gasteiger partial charge in [-0.2, -0.15) is 0 Å². The molecule has 0 atom stereocenters. The van der Waals surface area contributed by atoms with Crippen LogP contribution in [0.2, 0.25) is 0 Å². The lowest BCUT2D eigenvalue weighted by Gasteiger charge is -2.10. The Morgan fingerprint density at radius 3 is 2.67 bits per heavy atom. The fourth-order valence-corrected chi connectivity index (χ4v) is 5.24. The monoisotopic (exact) mass is 332 g/mol. The van der Waals surface area contributed by atoms with Gasteiger partial charge in [-0.05, 0) is 35.6 Å². The quantitative estimate of drug-likeness (QED) is 0.666. The van der Waals surface area contributed by atoms with Crippen LogP contribution in [0.15, 0.2) is 56.6 Å². The molecule has 0 aliphatic heterocycles. The molecule has 0 amide bonds. The third-order valence-electron chi connectivity index (χ3n) is 3.07. The maximum Gasteiger partial charge on any atom is 0.155 e. The Labute approximate surface area is 137 Å². The number of thiazole rings is 1. The molecule has 3 aromatic rings. The predicted octanol–water partition coefficient (Wildman–Crippen LogP) is 5.02. The number of aromatic nitrogens is 1. The maximum atomic E-state index is 5.97. The average molecular weight is 333 g/mol. The minimum Gasteiger partial charge on any atom is -0.326 e. The van der Waals surface area contributed by atoms with Crippen molar-refractivity contribution in [3.05, 3.63) is 48.0 Å². The van der Waals surface area contributed by atoms with Gasteiger partial charge in [0.1, 0.15) is 0 Å². The van der Waals surface area contributed by atoms with Gasteiger partial charge in [-0.3, -0.25) is 0 Å². The Kier molecular flexibility index (Phi) is 4.85. The first-order chi connectivity index (χ1) is 10.3. The summed E-state index contributed by atoms with van der Waals surface area (Å²) in [5.74, 6) is 1.06. The normalized spacial score (nSPS) is 11.1. The molecule has 21 heavy (non-hydrogen) atoms. The first kappa shape index (κ1) is 14.9. The first-order valence-corrected chi connectivity index (χ1v) is 9.42. The van der Waals surface area contributed by atoms with Crippen molar-refractivity contribution in [2.75, 3.05) is 5.75 Å². The Bertz CT molecular complexity index is 719. The lowest BCUT2D eigenvalue weighted by molar-refractivity contribution is 0.979. The van der Waals surface area contributed by atoms with Crippen LogP contribution in [0.25, 0.3) is 10.2 Å². The second kappa shape index (κ2) is 6.83. The number of hydrogen-bond donors (Lipinski definition) is 1. The van der Waals surface area contributed by atoms with Crippen LogP contribution in [0.4, 0.5) is 0 Å². The average Bonchev–Trinajstić information content (AvgIpc) is 2.90. The minimum atomic E-state index is 0.566. The van der Waals surface area contributed by atoms with Gasteiger partial charge in [-0.15, -0.1) is 23.1 Å². The molecule has 0 saturated carbocycles. The molecule has 2 nitrogen and oxygen atoms in total. The van der Waals surface area contributed by atoms with E-state index >= 15 is 0 Å². The number of hydrogen-bond acceptors (Lipinski definition) is 5. The van der Waals surface area contributed by atoms with Crippen LogP contribution in [-0.2, 0) is 6.54 Å². The second-order valence-electron chi connectivity index (χ2n) is 4.42. The molecule has 0 fully saturated rings. The lowest BCUT2D eigenvalue weighted by atomic mass is 10.2. The number of thioether (sulfide) groups is 1. The number of rotatable bonds is 5. The van der Waals surface area contributed by atoms with Crippen molar-refractivity contribution in [3.8, 4) is 0 Å². The molecule has 0 aliphatic carbocycles. The smallest absolute Gasteiger partial charge is 0.155 e. The van der Waals surface area contributed by atoms with E-state index in [1.54, 1.807) is 23.1 Å². The van der Waals surface area contributed by atoms with Gasteiger partial charge in [-0.1, -0.05) is 36.9 Å². The van der Waals surface area contributed by atoms with Gasteiger partial charge in [0.2, 0.25) is 0 Å². The van der Waals surface area contributed by atoms with E-state index in [-0.39, 0.29) is 0 Å². The number of fused-ring (bicyclic) bond motifs is 1. The van der Waals surface area contributed by atoms with Crippen LogP contribution in [0, 0.1) is 0 Å². The fraction of sp³-hybridized carbons (Fsp3) is 0.188. The topological polar surface area (TPSA) is 38.9 Å². The minimum absolute atomic E-state index is 0.566. The molecule has 108 valence electrons. The Balaban J connectivity index is 1.95. The Morgan fingerprint density at radius 2 is 1.90 bits per heavy atom. The van der Waals surface area contributed by atoms with Crippen molar-refractivity contribution in [1.29, 1.82) is 0 Å². The lowest BCUT2D eigenvalue weighted by Crippen LogP contribution is -2.00. The highest BCUT2D eigenvalue weighted by molar-refractivity contribution is 8.01. The van der Waals surface area contributed by atoms with Gasteiger partial charge in [0.15, 0.2) is 4.34 Å². The molecular weight excluding hydrogens is 316 g/mol. The van der Waals surface area contributed by atoms with Crippen LogP contribution >= 0.6 is 34.9 Å². The highest BCUT2D eigenvalue weighted by atomic mass is 32.2. The second-order valence-corrected chi connectivity index (χ2v) is 8.05. The van der Waals surface area contributed by atoms with Crippen molar-refractivity contribution in [2.45, 2.75) is 27.6 Å². The summed E-state index contributed by atoms with van der Waals surface area (Å²) in [6, 6.07) is 14.6. The van der Waals surface area contributed by atoms with Gasteiger partial charge in [0, 0.05) is 16.3 Å². The number of nitrogens with two attached hydrogens (primary N) is 1. The Hall–Kier alpha value is -1.01. The molecule has 0 bridgehead atoms. The van der Waals surface area contributed by atoms with Crippen molar-refractivity contribution in [1.82, 2.24) is 4.98 Å². The molecule has 5 heteroatoms. The van der Waals surface area contributed by atoms with Crippen LogP contribution in [-0.4, -0.2) is 10.7 Å². The molecule has 0 radical (unpaired) electrons. The van der Waals surface area contributed by atoms with Crippen molar-refractivity contribution in [2.24, 2.45) is 5.73 Å². The summed E-state index contributed by atoms with van der Waals surface area (Å²) in [6.07, 6.45) is 0. The fourth-order valence-electron chi connectivity index (χ4n) is 2.12. The molecule has 2 N–H and O–H groups in total. The van der Waals surface area contributed by atoms with Crippen LogP contribution in [0.1, 0.15) is 12.5 Å². The third kappa shape index (κ3) is 3.26. The molecule has 0 saturated heterocycles. The molecule has 0 spiro atoms. The molecule has 1 heterocycles. The summed E-state index contributed by atoms with van der Waals surface area (Å²) in [6.45, 7) is 2.73. The molecule has 2 aromatic carbocycles. The zero-order valence-corrected chi connectivity index (χ0v) is 14.2. The number of para-hydroxylation sites is 1.